The predicted molar refractivity (Wildman–Crippen MR) is 48.0 cm³/mol. The number of allylic oxidation sites excluding steroid dienone is 1. The van der Waals surface area contributed by atoms with Crippen molar-refractivity contribution >= 4 is 12.0 Å². The smallest absolute Gasteiger partial charge is 0.333 e. The summed E-state index contributed by atoms with van der Waals surface area (Å²) in [4.78, 5) is 24.0. The van der Waals surface area contributed by atoms with Crippen LogP contribution in [-0.2, 0) is 14.3 Å². The standard InChI is InChI=1S/C9H13NO3/c1-3-8(4-2)9(12)13-6-5-10-7-11/h3H,4-6H2,1-2H3. The van der Waals surface area contributed by atoms with Crippen LogP contribution in [0.2, 0.25) is 0 Å². The molecule has 0 aromatic rings. The fraction of sp³-hybridized carbons (Fsp3) is 0.556. The summed E-state index contributed by atoms with van der Waals surface area (Å²) in [5, 5.41) is 0. The van der Waals surface area contributed by atoms with Crippen LogP contribution in [0.5, 0.6) is 0 Å². The van der Waals surface area contributed by atoms with Gasteiger partial charge in [-0.25, -0.2) is 14.6 Å². The number of hydrogen-bond donors (Lipinski definition) is 0. The van der Waals surface area contributed by atoms with Crippen molar-refractivity contribution in [3.05, 3.63) is 11.6 Å². The minimum Gasteiger partial charge on any atom is -0.460 e. The van der Waals surface area contributed by atoms with E-state index in [2.05, 4.69) is 4.99 Å². The molecule has 13 heavy (non-hydrogen) atoms. The Morgan fingerprint density at radius 2 is 2.31 bits per heavy atom. The molecule has 0 aliphatic heterocycles. The molecule has 0 unspecified atom stereocenters. The monoisotopic (exact) mass is 183 g/mol. The highest BCUT2D eigenvalue weighted by Crippen LogP contribution is 2.02. The fourth-order valence-corrected chi connectivity index (χ4v) is 0.789. The number of nitrogens with zero attached hydrogens (tertiary/aromatic N) is 1. The first-order valence-corrected chi connectivity index (χ1v) is 4.12. The molecule has 0 fully saturated rings. The molecule has 0 atom stereocenters. The van der Waals surface area contributed by atoms with Gasteiger partial charge in [0.15, 0.2) is 0 Å². The van der Waals surface area contributed by atoms with Crippen molar-refractivity contribution in [3.63, 3.8) is 0 Å². The quantitative estimate of drug-likeness (QED) is 0.212. The lowest BCUT2D eigenvalue weighted by atomic mass is 10.2. The van der Waals surface area contributed by atoms with Crippen LogP contribution in [0, 0.1) is 0 Å². The van der Waals surface area contributed by atoms with Crippen molar-refractivity contribution in [2.75, 3.05) is 13.2 Å². The van der Waals surface area contributed by atoms with Crippen molar-refractivity contribution in [1.82, 2.24) is 0 Å². The molecular formula is C9H13NO3. The van der Waals surface area contributed by atoms with Crippen LogP contribution in [0.1, 0.15) is 20.3 Å². The summed E-state index contributed by atoms with van der Waals surface area (Å²) in [5.41, 5.74) is 0.634. The van der Waals surface area contributed by atoms with E-state index in [0.717, 1.165) is 0 Å². The van der Waals surface area contributed by atoms with Gasteiger partial charge in [-0.2, -0.15) is 0 Å². The first-order valence-electron chi connectivity index (χ1n) is 4.12. The summed E-state index contributed by atoms with van der Waals surface area (Å²) in [6, 6.07) is 0. The Bertz CT molecular complexity index is 239. The minimum atomic E-state index is -0.342. The van der Waals surface area contributed by atoms with E-state index in [0.29, 0.717) is 12.0 Å². The van der Waals surface area contributed by atoms with Crippen LogP contribution in [0.25, 0.3) is 0 Å². The zero-order valence-electron chi connectivity index (χ0n) is 7.87. The van der Waals surface area contributed by atoms with E-state index < -0.39 is 0 Å². The van der Waals surface area contributed by atoms with Crippen molar-refractivity contribution in [1.29, 1.82) is 0 Å². The summed E-state index contributed by atoms with van der Waals surface area (Å²) >= 11 is 0. The molecule has 0 saturated carbocycles. The van der Waals surface area contributed by atoms with Crippen LogP contribution < -0.4 is 0 Å². The van der Waals surface area contributed by atoms with Crippen LogP contribution in [0.4, 0.5) is 0 Å². The molecule has 0 aliphatic carbocycles. The molecule has 0 saturated heterocycles. The van der Waals surface area contributed by atoms with Crippen LogP contribution >= 0.6 is 0 Å². The Labute approximate surface area is 77.3 Å². The summed E-state index contributed by atoms with van der Waals surface area (Å²) in [6.45, 7) is 3.96. The molecule has 0 amide bonds. The summed E-state index contributed by atoms with van der Waals surface area (Å²) < 4.78 is 4.81. The number of aliphatic imine (C=N–C) groups is 1. The highest BCUT2D eigenvalue weighted by molar-refractivity contribution is 5.88. The number of isocyanates is 1. The third-order valence-electron chi connectivity index (χ3n) is 1.49. The number of hydrogen-bond acceptors (Lipinski definition) is 4. The third kappa shape index (κ3) is 4.93. The Morgan fingerprint density at radius 3 is 2.77 bits per heavy atom. The van der Waals surface area contributed by atoms with Gasteiger partial charge in [0.25, 0.3) is 0 Å². The third-order valence-corrected chi connectivity index (χ3v) is 1.49. The SMILES string of the molecule is CC=C(CC)C(=O)OCCN=C=O. The van der Waals surface area contributed by atoms with E-state index in [4.69, 9.17) is 4.74 Å². The molecule has 4 nitrogen and oxygen atoms in total. The highest BCUT2D eigenvalue weighted by Gasteiger charge is 2.06. The van der Waals surface area contributed by atoms with Gasteiger partial charge in [0.2, 0.25) is 6.08 Å². The zero-order chi connectivity index (χ0) is 10.1. The lowest BCUT2D eigenvalue weighted by Gasteiger charge is -2.03. The Hall–Kier alpha value is -1.41. The van der Waals surface area contributed by atoms with Crippen molar-refractivity contribution in [3.8, 4) is 0 Å². The van der Waals surface area contributed by atoms with Crippen LogP contribution in [-0.4, -0.2) is 25.2 Å². The molecule has 0 spiro atoms. The minimum absolute atomic E-state index is 0.130. The molecule has 0 bridgehead atoms. The van der Waals surface area contributed by atoms with Crippen LogP contribution in [0.15, 0.2) is 16.6 Å². The predicted octanol–water partition coefficient (Wildman–Crippen LogP) is 1.22. The largest absolute Gasteiger partial charge is 0.460 e. The Morgan fingerprint density at radius 1 is 1.62 bits per heavy atom. The normalized spacial score (nSPS) is 10.5. The molecule has 72 valence electrons. The van der Waals surface area contributed by atoms with Gasteiger partial charge in [-0.05, 0) is 13.3 Å². The molecule has 4 heteroatoms. The van der Waals surface area contributed by atoms with Gasteiger partial charge in [0, 0.05) is 5.57 Å². The number of esters is 1. The first kappa shape index (κ1) is 11.6. The Balaban J connectivity index is 3.80. The maximum Gasteiger partial charge on any atom is 0.333 e. The van der Waals surface area contributed by atoms with E-state index in [1.54, 1.807) is 13.0 Å². The molecule has 0 heterocycles. The second kappa shape index (κ2) is 7.25. The molecule has 0 aliphatic rings. The summed E-state index contributed by atoms with van der Waals surface area (Å²) in [6.07, 6.45) is 3.73. The second-order valence-corrected chi connectivity index (χ2v) is 2.28. The van der Waals surface area contributed by atoms with E-state index >= 15 is 0 Å². The molecule has 0 aromatic heterocycles. The van der Waals surface area contributed by atoms with Crippen molar-refractivity contribution < 1.29 is 14.3 Å². The first-order chi connectivity index (χ1) is 6.26. The van der Waals surface area contributed by atoms with Gasteiger partial charge in [-0.1, -0.05) is 13.0 Å². The summed E-state index contributed by atoms with van der Waals surface area (Å²) in [7, 11) is 0. The molecule has 0 aromatic carbocycles. The average molecular weight is 183 g/mol. The fourth-order valence-electron chi connectivity index (χ4n) is 0.789. The van der Waals surface area contributed by atoms with Crippen LogP contribution in [0.3, 0.4) is 0 Å². The van der Waals surface area contributed by atoms with E-state index in [1.807, 2.05) is 6.92 Å². The van der Waals surface area contributed by atoms with Crippen molar-refractivity contribution in [2.45, 2.75) is 20.3 Å². The van der Waals surface area contributed by atoms with E-state index in [1.165, 1.54) is 6.08 Å². The number of ether oxygens (including phenoxy) is 1. The van der Waals surface area contributed by atoms with E-state index in [-0.39, 0.29) is 19.1 Å². The molecule has 0 rings (SSSR count). The Kier molecular flexibility index (Phi) is 6.46. The number of rotatable bonds is 5. The van der Waals surface area contributed by atoms with Crippen molar-refractivity contribution in [2.24, 2.45) is 4.99 Å². The number of carbonyl (C=O) groups is 1. The van der Waals surface area contributed by atoms with Gasteiger partial charge in [0.1, 0.15) is 6.61 Å². The zero-order valence-corrected chi connectivity index (χ0v) is 7.87. The lowest BCUT2D eigenvalue weighted by molar-refractivity contribution is -0.138. The lowest BCUT2D eigenvalue weighted by Crippen LogP contribution is -2.09. The second-order valence-electron chi connectivity index (χ2n) is 2.28. The van der Waals surface area contributed by atoms with E-state index in [9.17, 15) is 9.59 Å². The van der Waals surface area contributed by atoms with Gasteiger partial charge < -0.3 is 4.74 Å². The topological polar surface area (TPSA) is 55.7 Å². The summed E-state index contributed by atoms with van der Waals surface area (Å²) in [5.74, 6) is -0.342. The van der Waals surface area contributed by atoms with Gasteiger partial charge in [-0.3, -0.25) is 0 Å². The van der Waals surface area contributed by atoms with Gasteiger partial charge in [-0.15, -0.1) is 0 Å². The molecular weight excluding hydrogens is 170 g/mol. The van der Waals surface area contributed by atoms with Gasteiger partial charge in [0.05, 0.1) is 6.54 Å². The van der Waals surface area contributed by atoms with Gasteiger partial charge >= 0.3 is 5.97 Å². The molecule has 0 N–H and O–H groups in total. The maximum absolute atomic E-state index is 11.1. The maximum atomic E-state index is 11.1. The number of carbonyl (C=O) groups excluding carboxylic acids is 2. The average Bonchev–Trinajstić information content (AvgIpc) is 2.14. The highest BCUT2D eigenvalue weighted by atomic mass is 16.5. The molecule has 0 radical (unpaired) electrons.